The van der Waals surface area contributed by atoms with Crippen LogP contribution in [0, 0.1) is 0 Å². The molecule has 0 saturated carbocycles. The highest BCUT2D eigenvalue weighted by Gasteiger charge is 2.26. The zero-order valence-electron chi connectivity index (χ0n) is 6.19. The zero-order valence-corrected chi connectivity index (χ0v) is 6.19. The van der Waals surface area contributed by atoms with Gasteiger partial charge in [-0.05, 0) is 0 Å². The Morgan fingerprint density at radius 1 is 1.50 bits per heavy atom. The normalized spacial score (nSPS) is 12.6. The van der Waals surface area contributed by atoms with Crippen molar-refractivity contribution in [3.8, 4) is 0 Å². The maximum atomic E-state index is 12.2. The van der Waals surface area contributed by atoms with Gasteiger partial charge in [0.25, 0.3) is 5.92 Å². The quantitative estimate of drug-likeness (QED) is 0.620. The minimum absolute atomic E-state index is 0.0254. The SMILES string of the molecule is CC(C)NCC(F)(F)CO. The molecular formula is C6H13F2NO. The van der Waals surface area contributed by atoms with Gasteiger partial charge in [0, 0.05) is 6.04 Å². The van der Waals surface area contributed by atoms with Gasteiger partial charge in [0.05, 0.1) is 6.54 Å². The van der Waals surface area contributed by atoms with E-state index in [2.05, 4.69) is 5.32 Å². The van der Waals surface area contributed by atoms with Crippen molar-refractivity contribution in [2.75, 3.05) is 13.2 Å². The largest absolute Gasteiger partial charge is 0.390 e. The van der Waals surface area contributed by atoms with Gasteiger partial charge >= 0.3 is 0 Å². The molecule has 62 valence electrons. The molecule has 10 heavy (non-hydrogen) atoms. The smallest absolute Gasteiger partial charge is 0.282 e. The fourth-order valence-corrected chi connectivity index (χ4v) is 0.409. The van der Waals surface area contributed by atoms with Crippen LogP contribution in [0.1, 0.15) is 13.8 Å². The molecule has 0 unspecified atom stereocenters. The van der Waals surface area contributed by atoms with Gasteiger partial charge in [0.15, 0.2) is 0 Å². The van der Waals surface area contributed by atoms with Gasteiger partial charge < -0.3 is 10.4 Å². The standard InChI is InChI=1S/C6H13F2NO/c1-5(2)9-3-6(7,8)4-10/h5,9-10H,3-4H2,1-2H3. The second-order valence-electron chi connectivity index (χ2n) is 2.55. The van der Waals surface area contributed by atoms with Crippen LogP contribution < -0.4 is 5.32 Å². The van der Waals surface area contributed by atoms with Crippen molar-refractivity contribution in [3.63, 3.8) is 0 Å². The molecule has 0 rings (SSSR count). The van der Waals surface area contributed by atoms with E-state index in [4.69, 9.17) is 5.11 Å². The molecule has 0 aromatic heterocycles. The van der Waals surface area contributed by atoms with Crippen LogP contribution in [-0.2, 0) is 0 Å². The number of aliphatic hydroxyl groups is 1. The molecule has 0 bridgehead atoms. The van der Waals surface area contributed by atoms with Crippen LogP contribution in [0.3, 0.4) is 0 Å². The molecule has 0 saturated heterocycles. The van der Waals surface area contributed by atoms with E-state index < -0.39 is 19.1 Å². The Morgan fingerprint density at radius 2 is 2.00 bits per heavy atom. The molecule has 0 amide bonds. The van der Waals surface area contributed by atoms with Crippen LogP contribution in [0.25, 0.3) is 0 Å². The molecule has 0 aliphatic rings. The molecule has 0 aliphatic heterocycles. The second-order valence-corrected chi connectivity index (χ2v) is 2.55. The summed E-state index contributed by atoms with van der Waals surface area (Å²) in [4.78, 5) is 0. The van der Waals surface area contributed by atoms with Crippen molar-refractivity contribution in [2.24, 2.45) is 0 Å². The summed E-state index contributed by atoms with van der Waals surface area (Å²) < 4.78 is 24.4. The van der Waals surface area contributed by atoms with Crippen LogP contribution in [0.2, 0.25) is 0 Å². The Morgan fingerprint density at radius 3 is 2.30 bits per heavy atom. The average Bonchev–Trinajstić information content (AvgIpc) is 1.85. The predicted molar refractivity (Wildman–Crippen MR) is 35.2 cm³/mol. The van der Waals surface area contributed by atoms with E-state index in [0.29, 0.717) is 0 Å². The summed E-state index contributed by atoms with van der Waals surface area (Å²) in [5, 5.41) is 10.6. The fraction of sp³-hybridized carbons (Fsp3) is 1.00. The van der Waals surface area contributed by atoms with Crippen LogP contribution in [0.15, 0.2) is 0 Å². The first-order valence-electron chi connectivity index (χ1n) is 3.20. The van der Waals surface area contributed by atoms with Gasteiger partial charge in [-0.3, -0.25) is 0 Å². The van der Waals surface area contributed by atoms with E-state index in [1.165, 1.54) is 0 Å². The van der Waals surface area contributed by atoms with Crippen molar-refractivity contribution in [1.82, 2.24) is 5.32 Å². The zero-order chi connectivity index (χ0) is 8.20. The molecule has 4 heteroatoms. The molecule has 0 spiro atoms. The maximum absolute atomic E-state index is 12.2. The number of nitrogens with one attached hydrogen (secondary N) is 1. The van der Waals surface area contributed by atoms with E-state index in [9.17, 15) is 8.78 Å². The third kappa shape index (κ3) is 4.64. The lowest BCUT2D eigenvalue weighted by atomic mass is 10.3. The Hall–Kier alpha value is -0.220. The van der Waals surface area contributed by atoms with Gasteiger partial charge in [-0.2, -0.15) is 0 Å². The molecule has 2 nitrogen and oxygen atoms in total. The topological polar surface area (TPSA) is 32.3 Å². The summed E-state index contributed by atoms with van der Waals surface area (Å²) in [6.07, 6.45) is 0. The van der Waals surface area contributed by atoms with E-state index in [0.717, 1.165) is 0 Å². The maximum Gasteiger partial charge on any atom is 0.282 e. The predicted octanol–water partition coefficient (Wildman–Crippen LogP) is 0.612. The van der Waals surface area contributed by atoms with E-state index in [-0.39, 0.29) is 6.04 Å². The molecule has 0 heterocycles. The summed E-state index contributed by atoms with van der Waals surface area (Å²) in [7, 11) is 0. The van der Waals surface area contributed by atoms with Gasteiger partial charge in [-0.25, -0.2) is 8.78 Å². The molecule has 0 fully saturated rings. The highest BCUT2D eigenvalue weighted by Crippen LogP contribution is 2.09. The minimum Gasteiger partial charge on any atom is -0.390 e. The van der Waals surface area contributed by atoms with Gasteiger partial charge in [-0.1, -0.05) is 13.8 Å². The average molecular weight is 153 g/mol. The summed E-state index contributed by atoms with van der Waals surface area (Å²) in [5.74, 6) is -2.98. The molecule has 0 radical (unpaired) electrons. The number of halogens is 2. The molecule has 2 N–H and O–H groups in total. The minimum atomic E-state index is -2.98. The van der Waals surface area contributed by atoms with E-state index in [1.54, 1.807) is 13.8 Å². The summed E-state index contributed by atoms with van der Waals surface area (Å²) >= 11 is 0. The number of rotatable bonds is 4. The van der Waals surface area contributed by atoms with Crippen molar-refractivity contribution in [3.05, 3.63) is 0 Å². The molecule has 0 aromatic rings. The van der Waals surface area contributed by atoms with E-state index >= 15 is 0 Å². The number of aliphatic hydroxyl groups excluding tert-OH is 1. The van der Waals surface area contributed by atoms with Crippen LogP contribution >= 0.6 is 0 Å². The van der Waals surface area contributed by atoms with Crippen LogP contribution in [0.5, 0.6) is 0 Å². The fourth-order valence-electron chi connectivity index (χ4n) is 0.409. The number of alkyl halides is 2. The molecule has 0 aliphatic carbocycles. The first-order valence-corrected chi connectivity index (χ1v) is 3.20. The monoisotopic (exact) mass is 153 g/mol. The van der Waals surface area contributed by atoms with Crippen molar-refractivity contribution < 1.29 is 13.9 Å². The van der Waals surface area contributed by atoms with Crippen molar-refractivity contribution >= 4 is 0 Å². The number of hydrogen-bond acceptors (Lipinski definition) is 2. The molecular weight excluding hydrogens is 140 g/mol. The summed E-state index contributed by atoms with van der Waals surface area (Å²) in [5.41, 5.74) is 0. The van der Waals surface area contributed by atoms with Crippen LogP contribution in [0.4, 0.5) is 8.78 Å². The van der Waals surface area contributed by atoms with Gasteiger partial charge in [-0.15, -0.1) is 0 Å². The van der Waals surface area contributed by atoms with Crippen molar-refractivity contribution in [1.29, 1.82) is 0 Å². The first kappa shape index (κ1) is 9.78. The Kier molecular flexibility index (Phi) is 3.75. The second kappa shape index (κ2) is 3.83. The highest BCUT2D eigenvalue weighted by molar-refractivity contribution is 4.68. The molecule has 0 aromatic carbocycles. The third-order valence-corrected chi connectivity index (χ3v) is 1.00. The summed E-state index contributed by atoms with van der Waals surface area (Å²) in [6, 6.07) is 0.0254. The number of hydrogen-bond donors (Lipinski definition) is 2. The molecule has 0 atom stereocenters. The van der Waals surface area contributed by atoms with Crippen molar-refractivity contribution in [2.45, 2.75) is 25.8 Å². The van der Waals surface area contributed by atoms with E-state index in [1.807, 2.05) is 0 Å². The van der Waals surface area contributed by atoms with Gasteiger partial charge in [0.2, 0.25) is 0 Å². The highest BCUT2D eigenvalue weighted by atomic mass is 19.3. The summed E-state index contributed by atoms with van der Waals surface area (Å²) in [6.45, 7) is 1.99. The Labute approximate surface area is 59.2 Å². The Balaban J connectivity index is 3.46. The lowest BCUT2D eigenvalue weighted by Crippen LogP contribution is -2.38. The van der Waals surface area contributed by atoms with Gasteiger partial charge in [0.1, 0.15) is 6.61 Å². The van der Waals surface area contributed by atoms with Crippen LogP contribution in [-0.4, -0.2) is 30.2 Å². The first-order chi connectivity index (χ1) is 4.48. The Bertz CT molecular complexity index is 95.7. The lowest BCUT2D eigenvalue weighted by molar-refractivity contribution is -0.0487. The lowest BCUT2D eigenvalue weighted by Gasteiger charge is -2.15. The third-order valence-electron chi connectivity index (χ3n) is 1.00.